The summed E-state index contributed by atoms with van der Waals surface area (Å²) in [5.74, 6) is 1.04. The van der Waals surface area contributed by atoms with Crippen molar-refractivity contribution in [2.75, 3.05) is 5.32 Å². The van der Waals surface area contributed by atoms with E-state index in [4.69, 9.17) is 0 Å². The fraction of sp³-hybridized carbons (Fsp3) is 0.143. The number of nitrogens with zero attached hydrogens (tertiary/aromatic N) is 3. The number of aromatic hydroxyl groups is 1. The third-order valence-corrected chi connectivity index (χ3v) is 3.04. The van der Waals surface area contributed by atoms with E-state index < -0.39 is 0 Å². The molecule has 0 unspecified atom stereocenters. The van der Waals surface area contributed by atoms with E-state index >= 15 is 0 Å². The lowest BCUT2D eigenvalue weighted by Gasteiger charge is -2.06. The predicted molar refractivity (Wildman–Crippen MR) is 73.9 cm³/mol. The first-order valence-corrected chi connectivity index (χ1v) is 6.02. The number of nitrogens with one attached hydrogen (secondary N) is 1. The Balaban J connectivity index is 1.83. The third kappa shape index (κ3) is 2.22. The smallest absolute Gasteiger partial charge is 0.154 e. The van der Waals surface area contributed by atoms with Crippen LogP contribution in [-0.4, -0.2) is 19.6 Å². The average Bonchev–Trinajstić information content (AvgIpc) is 2.81. The van der Waals surface area contributed by atoms with Gasteiger partial charge in [-0.05, 0) is 23.8 Å². The van der Waals surface area contributed by atoms with Crippen LogP contribution in [0.15, 0.2) is 42.9 Å². The third-order valence-electron chi connectivity index (χ3n) is 3.04. The van der Waals surface area contributed by atoms with Crippen LogP contribution in [0.25, 0.3) is 11.0 Å². The molecule has 5 nitrogen and oxygen atoms in total. The van der Waals surface area contributed by atoms with Crippen LogP contribution in [0.5, 0.6) is 5.75 Å². The lowest BCUT2D eigenvalue weighted by molar-refractivity contribution is 0.475. The van der Waals surface area contributed by atoms with Gasteiger partial charge >= 0.3 is 0 Å². The van der Waals surface area contributed by atoms with E-state index in [1.54, 1.807) is 24.7 Å². The molecule has 0 amide bonds. The Morgan fingerprint density at radius 3 is 2.74 bits per heavy atom. The molecule has 96 valence electrons. The van der Waals surface area contributed by atoms with Crippen molar-refractivity contribution in [1.29, 1.82) is 0 Å². The topological polar surface area (TPSA) is 63.0 Å². The molecule has 0 spiro atoms. The molecule has 1 aromatic carbocycles. The summed E-state index contributed by atoms with van der Waals surface area (Å²) in [7, 11) is 1.96. The molecule has 3 rings (SSSR count). The predicted octanol–water partition coefficient (Wildman–Crippen LogP) is 2.29. The zero-order chi connectivity index (χ0) is 13.2. The van der Waals surface area contributed by atoms with Gasteiger partial charge in [0.05, 0.1) is 11.8 Å². The van der Waals surface area contributed by atoms with Crippen LogP contribution in [0.2, 0.25) is 0 Å². The number of aromatic nitrogens is 3. The van der Waals surface area contributed by atoms with E-state index in [0.29, 0.717) is 6.54 Å². The molecule has 0 aliphatic rings. The molecule has 0 radical (unpaired) electrons. The molecule has 0 saturated carbocycles. The number of phenols is 1. The Bertz CT molecular complexity index is 703. The van der Waals surface area contributed by atoms with Gasteiger partial charge in [-0.1, -0.05) is 12.1 Å². The number of aryl methyl sites for hydroxylation is 1. The highest BCUT2D eigenvalue weighted by atomic mass is 16.3. The molecule has 0 saturated heterocycles. The standard InChI is InChI=1S/C14H14N4O/c1-18-9-17-13-12(18)6-7-15-14(13)16-8-10-2-4-11(19)5-3-10/h2-7,9,19H,8H2,1H3,(H,15,16). The number of hydrogen-bond donors (Lipinski definition) is 2. The molecule has 5 heteroatoms. The van der Waals surface area contributed by atoms with Crippen LogP contribution >= 0.6 is 0 Å². The minimum absolute atomic E-state index is 0.272. The lowest BCUT2D eigenvalue weighted by Crippen LogP contribution is -2.01. The molecule has 0 aliphatic heterocycles. The van der Waals surface area contributed by atoms with Gasteiger partial charge in [0.15, 0.2) is 5.82 Å². The second kappa shape index (κ2) is 4.61. The largest absolute Gasteiger partial charge is 0.508 e. The highest BCUT2D eigenvalue weighted by molar-refractivity contribution is 5.85. The second-order valence-corrected chi connectivity index (χ2v) is 4.40. The number of phenolic OH excluding ortho intramolecular Hbond substituents is 1. The normalized spacial score (nSPS) is 10.8. The van der Waals surface area contributed by atoms with E-state index in [9.17, 15) is 5.11 Å². The fourth-order valence-corrected chi connectivity index (χ4v) is 1.99. The monoisotopic (exact) mass is 254 g/mol. The molecular formula is C14H14N4O. The SMILES string of the molecule is Cn1cnc2c(NCc3ccc(O)cc3)nccc21. The van der Waals surface area contributed by atoms with Gasteiger partial charge in [-0.2, -0.15) is 0 Å². The minimum Gasteiger partial charge on any atom is -0.508 e. The number of anilines is 1. The number of imidazole rings is 1. The Hall–Kier alpha value is -2.56. The average molecular weight is 254 g/mol. The van der Waals surface area contributed by atoms with E-state index in [0.717, 1.165) is 22.4 Å². The maximum atomic E-state index is 9.24. The van der Waals surface area contributed by atoms with Crippen molar-refractivity contribution in [3.63, 3.8) is 0 Å². The second-order valence-electron chi connectivity index (χ2n) is 4.40. The molecule has 2 heterocycles. The zero-order valence-corrected chi connectivity index (χ0v) is 10.5. The first-order chi connectivity index (χ1) is 9.24. The van der Waals surface area contributed by atoms with Gasteiger partial charge in [0, 0.05) is 19.8 Å². The van der Waals surface area contributed by atoms with E-state index in [-0.39, 0.29) is 5.75 Å². The first-order valence-electron chi connectivity index (χ1n) is 6.02. The molecule has 19 heavy (non-hydrogen) atoms. The first kappa shape index (κ1) is 11.5. The molecule has 0 aliphatic carbocycles. The minimum atomic E-state index is 0.272. The number of benzene rings is 1. The number of pyridine rings is 1. The van der Waals surface area contributed by atoms with Gasteiger partial charge in [-0.25, -0.2) is 9.97 Å². The molecular weight excluding hydrogens is 240 g/mol. The van der Waals surface area contributed by atoms with Crippen molar-refractivity contribution in [2.24, 2.45) is 7.05 Å². The number of fused-ring (bicyclic) bond motifs is 1. The summed E-state index contributed by atoms with van der Waals surface area (Å²) in [5, 5.41) is 12.5. The molecule has 3 aromatic rings. The summed E-state index contributed by atoms with van der Waals surface area (Å²) in [6, 6.07) is 9.04. The summed E-state index contributed by atoms with van der Waals surface area (Å²) in [4.78, 5) is 8.66. The summed E-state index contributed by atoms with van der Waals surface area (Å²) in [6.45, 7) is 0.642. The van der Waals surface area contributed by atoms with E-state index in [1.165, 1.54) is 0 Å². The van der Waals surface area contributed by atoms with Gasteiger partial charge in [0.1, 0.15) is 11.3 Å². The molecule has 0 fully saturated rings. The number of hydrogen-bond acceptors (Lipinski definition) is 4. The van der Waals surface area contributed by atoms with Crippen molar-refractivity contribution < 1.29 is 5.11 Å². The summed E-state index contributed by atoms with van der Waals surface area (Å²) in [5.41, 5.74) is 2.99. The maximum Gasteiger partial charge on any atom is 0.154 e. The van der Waals surface area contributed by atoms with Gasteiger partial charge in [0.25, 0.3) is 0 Å². The van der Waals surface area contributed by atoms with Crippen molar-refractivity contribution >= 4 is 16.9 Å². The Labute approximate surface area is 110 Å². The molecule has 0 bridgehead atoms. The summed E-state index contributed by atoms with van der Waals surface area (Å²) in [6.07, 6.45) is 3.54. The van der Waals surface area contributed by atoms with Crippen LogP contribution in [0, 0.1) is 0 Å². The van der Waals surface area contributed by atoms with Crippen molar-refractivity contribution in [1.82, 2.24) is 14.5 Å². The van der Waals surface area contributed by atoms with Crippen LogP contribution in [-0.2, 0) is 13.6 Å². The maximum absolute atomic E-state index is 9.24. The number of rotatable bonds is 3. The quantitative estimate of drug-likeness (QED) is 0.752. The fourth-order valence-electron chi connectivity index (χ4n) is 1.99. The zero-order valence-electron chi connectivity index (χ0n) is 10.5. The van der Waals surface area contributed by atoms with Gasteiger partial charge < -0.3 is 15.0 Å². The lowest BCUT2D eigenvalue weighted by atomic mass is 10.2. The highest BCUT2D eigenvalue weighted by Gasteiger charge is 2.06. The van der Waals surface area contributed by atoms with Gasteiger partial charge in [-0.15, -0.1) is 0 Å². The Morgan fingerprint density at radius 2 is 1.95 bits per heavy atom. The van der Waals surface area contributed by atoms with Crippen LogP contribution < -0.4 is 5.32 Å². The van der Waals surface area contributed by atoms with E-state index in [1.807, 2.05) is 29.8 Å². The Morgan fingerprint density at radius 1 is 1.16 bits per heavy atom. The van der Waals surface area contributed by atoms with Crippen molar-refractivity contribution in [2.45, 2.75) is 6.54 Å². The van der Waals surface area contributed by atoms with Crippen LogP contribution in [0.4, 0.5) is 5.82 Å². The molecule has 0 atom stereocenters. The van der Waals surface area contributed by atoms with Gasteiger partial charge in [-0.3, -0.25) is 0 Å². The van der Waals surface area contributed by atoms with Crippen molar-refractivity contribution in [3.8, 4) is 5.75 Å². The van der Waals surface area contributed by atoms with Crippen LogP contribution in [0.3, 0.4) is 0 Å². The van der Waals surface area contributed by atoms with E-state index in [2.05, 4.69) is 15.3 Å². The highest BCUT2D eigenvalue weighted by Crippen LogP contribution is 2.19. The molecule has 2 aromatic heterocycles. The van der Waals surface area contributed by atoms with Crippen LogP contribution in [0.1, 0.15) is 5.56 Å². The van der Waals surface area contributed by atoms with Gasteiger partial charge in [0.2, 0.25) is 0 Å². The summed E-state index contributed by atoms with van der Waals surface area (Å²) >= 11 is 0. The van der Waals surface area contributed by atoms with Crippen molar-refractivity contribution in [3.05, 3.63) is 48.4 Å². The molecule has 2 N–H and O–H groups in total. The Kier molecular flexibility index (Phi) is 2.79. The summed E-state index contributed by atoms with van der Waals surface area (Å²) < 4.78 is 1.96.